The molecule has 35 heavy (non-hydrogen) atoms. The number of carbonyl (C=O) groups is 5. The molecule has 1 heterocycles. The van der Waals surface area contributed by atoms with Gasteiger partial charge < -0.3 is 19.7 Å². The predicted molar refractivity (Wildman–Crippen MR) is 118 cm³/mol. The third kappa shape index (κ3) is 2.97. The average molecular weight is 487 g/mol. The number of Topliss-reactive ketones (excluding diaryl/α,β-unsaturated/α-hetero) is 3. The van der Waals surface area contributed by atoms with Crippen molar-refractivity contribution < 1.29 is 43.7 Å². The van der Waals surface area contributed by atoms with Crippen molar-refractivity contribution in [2.24, 2.45) is 28.6 Å². The lowest BCUT2D eigenvalue weighted by atomic mass is 9.45. The molecule has 188 valence electrons. The highest BCUT2D eigenvalue weighted by Crippen LogP contribution is 2.67. The first-order valence-electron chi connectivity index (χ1n) is 12.2. The first-order valence-corrected chi connectivity index (χ1v) is 12.2. The molecule has 2 N–H and O–H groups in total. The number of rotatable bonds is 2. The molecule has 9 heteroatoms. The van der Waals surface area contributed by atoms with Crippen LogP contribution in [0.3, 0.4) is 0 Å². The van der Waals surface area contributed by atoms with Crippen molar-refractivity contribution in [3.8, 4) is 0 Å². The van der Waals surface area contributed by atoms with Crippen LogP contribution in [0.15, 0.2) is 22.7 Å². The van der Waals surface area contributed by atoms with Crippen molar-refractivity contribution in [2.75, 3.05) is 6.61 Å². The lowest BCUT2D eigenvalue weighted by molar-refractivity contribution is -0.169. The van der Waals surface area contributed by atoms with Gasteiger partial charge in [-0.3, -0.25) is 24.0 Å². The maximum atomic E-state index is 13.9. The second-order valence-electron chi connectivity index (χ2n) is 11.1. The standard InChI is InChI=1S/C26H30O9/c1-12-22-21(32)23(35-19(31)7-6-18(30)34-22)15-5-4-13-14-8-9-26(33,17(29)11-27)24(14,2)10-16(28)20(13)25(12,15)3/h13-14,20,27,33H,4-11H2,1-3H3/t13-,14-,20+,24-,25+,26-/m0/s1. The molecule has 2 bridgehead atoms. The summed E-state index contributed by atoms with van der Waals surface area (Å²) in [4.78, 5) is 64.4. The molecular weight excluding hydrogens is 456 g/mol. The number of fused-ring (bicyclic) bond motifs is 7. The third-order valence-corrected chi connectivity index (χ3v) is 9.77. The van der Waals surface area contributed by atoms with Crippen LogP contribution in [0.2, 0.25) is 0 Å². The average Bonchev–Trinajstić information content (AvgIpc) is 3.10. The highest BCUT2D eigenvalue weighted by Gasteiger charge is 2.69. The normalized spacial score (nSPS) is 41.2. The van der Waals surface area contributed by atoms with E-state index in [2.05, 4.69) is 0 Å². The smallest absolute Gasteiger partial charge is 0.311 e. The minimum absolute atomic E-state index is 0.0601. The summed E-state index contributed by atoms with van der Waals surface area (Å²) in [7, 11) is 0. The minimum Gasteiger partial charge on any atom is -0.422 e. The Labute approximate surface area is 202 Å². The van der Waals surface area contributed by atoms with Crippen LogP contribution in [0, 0.1) is 28.6 Å². The summed E-state index contributed by atoms with van der Waals surface area (Å²) in [6.07, 6.45) is 1.10. The van der Waals surface area contributed by atoms with Crippen LogP contribution in [0.4, 0.5) is 0 Å². The molecule has 5 aliphatic rings. The van der Waals surface area contributed by atoms with Crippen LogP contribution < -0.4 is 0 Å². The van der Waals surface area contributed by atoms with E-state index in [9.17, 15) is 34.2 Å². The van der Waals surface area contributed by atoms with Gasteiger partial charge in [-0.1, -0.05) is 13.8 Å². The van der Waals surface area contributed by atoms with Gasteiger partial charge in [-0.05, 0) is 55.6 Å². The van der Waals surface area contributed by atoms with E-state index in [0.29, 0.717) is 30.4 Å². The quantitative estimate of drug-likeness (QED) is 0.557. The second-order valence-corrected chi connectivity index (χ2v) is 11.1. The molecule has 0 aromatic rings. The molecule has 1 aliphatic heterocycles. The summed E-state index contributed by atoms with van der Waals surface area (Å²) >= 11 is 0. The Balaban J connectivity index is 1.65. The Morgan fingerprint density at radius 3 is 2.26 bits per heavy atom. The van der Waals surface area contributed by atoms with E-state index in [1.54, 1.807) is 13.8 Å². The molecule has 0 spiro atoms. The fourth-order valence-electron chi connectivity index (χ4n) is 7.87. The fraction of sp³-hybridized carbons (Fsp3) is 0.654. The van der Waals surface area contributed by atoms with Crippen molar-refractivity contribution >= 4 is 29.3 Å². The van der Waals surface area contributed by atoms with E-state index in [-0.39, 0.29) is 54.8 Å². The molecule has 1 saturated heterocycles. The molecular formula is C26H30O9. The fourth-order valence-corrected chi connectivity index (χ4v) is 7.87. The van der Waals surface area contributed by atoms with Crippen molar-refractivity contribution in [3.05, 3.63) is 22.7 Å². The lowest BCUT2D eigenvalue weighted by Gasteiger charge is -2.58. The van der Waals surface area contributed by atoms with E-state index >= 15 is 0 Å². The number of allylic oxidation sites excluding steroid dienone is 2. The topological polar surface area (TPSA) is 144 Å². The Hall–Kier alpha value is -2.65. The number of aliphatic hydroxyl groups is 2. The Morgan fingerprint density at radius 1 is 1.00 bits per heavy atom. The van der Waals surface area contributed by atoms with Crippen LogP contribution >= 0.6 is 0 Å². The number of ether oxygens (including phenoxy) is 2. The summed E-state index contributed by atoms with van der Waals surface area (Å²) in [5, 5.41) is 20.9. The molecule has 6 atom stereocenters. The van der Waals surface area contributed by atoms with Gasteiger partial charge in [0.25, 0.3) is 5.78 Å². The van der Waals surface area contributed by atoms with E-state index < -0.39 is 52.5 Å². The molecule has 0 unspecified atom stereocenters. The number of ketones is 3. The number of hydrogen-bond acceptors (Lipinski definition) is 9. The molecule has 4 fully saturated rings. The molecule has 9 nitrogen and oxygen atoms in total. The van der Waals surface area contributed by atoms with Crippen molar-refractivity contribution in [2.45, 2.75) is 71.3 Å². The zero-order valence-corrected chi connectivity index (χ0v) is 20.1. The SMILES string of the molecule is CC1=C2OC(=O)CCC(=O)OC(=C3CC[C@@H]4[C@H](C(=O)C[C@@]5(C)[C@H]4CC[C@]5(O)C(=O)CO)[C@]13C)C2=O. The molecule has 5 rings (SSSR count). The molecule has 4 aliphatic carbocycles. The zero-order valence-electron chi connectivity index (χ0n) is 20.1. The molecule has 0 amide bonds. The largest absolute Gasteiger partial charge is 0.422 e. The number of carbonyl (C=O) groups excluding carboxylic acids is 5. The molecule has 0 aromatic carbocycles. The van der Waals surface area contributed by atoms with Crippen molar-refractivity contribution in [1.29, 1.82) is 0 Å². The summed E-state index contributed by atoms with van der Waals surface area (Å²) in [6.45, 7) is 4.48. The van der Waals surface area contributed by atoms with Crippen LogP contribution in [-0.4, -0.2) is 51.7 Å². The summed E-state index contributed by atoms with van der Waals surface area (Å²) in [6, 6.07) is 0. The first kappa shape index (κ1) is 24.1. The highest BCUT2D eigenvalue weighted by atomic mass is 16.6. The van der Waals surface area contributed by atoms with Crippen LogP contribution in [0.5, 0.6) is 0 Å². The number of hydrogen-bond donors (Lipinski definition) is 2. The van der Waals surface area contributed by atoms with E-state index in [0.717, 1.165) is 0 Å². The van der Waals surface area contributed by atoms with Crippen molar-refractivity contribution in [1.82, 2.24) is 0 Å². The van der Waals surface area contributed by atoms with Gasteiger partial charge in [0.15, 0.2) is 17.3 Å². The maximum absolute atomic E-state index is 13.9. The van der Waals surface area contributed by atoms with E-state index in [4.69, 9.17) is 9.47 Å². The number of aliphatic hydroxyl groups excluding tert-OH is 1. The Morgan fingerprint density at radius 2 is 1.63 bits per heavy atom. The lowest BCUT2D eigenvalue weighted by Crippen LogP contribution is -2.61. The van der Waals surface area contributed by atoms with Gasteiger partial charge in [0.05, 0.1) is 12.8 Å². The van der Waals surface area contributed by atoms with Gasteiger partial charge in [-0.15, -0.1) is 0 Å². The van der Waals surface area contributed by atoms with Crippen molar-refractivity contribution in [3.63, 3.8) is 0 Å². The number of esters is 2. The van der Waals surface area contributed by atoms with Gasteiger partial charge in [0.1, 0.15) is 18.0 Å². The molecule has 0 radical (unpaired) electrons. The van der Waals surface area contributed by atoms with Gasteiger partial charge in [0, 0.05) is 23.2 Å². The van der Waals surface area contributed by atoms with Gasteiger partial charge >= 0.3 is 11.9 Å². The summed E-state index contributed by atoms with van der Waals surface area (Å²) in [5.74, 6) is -4.22. The van der Waals surface area contributed by atoms with Crippen LogP contribution in [-0.2, 0) is 33.4 Å². The van der Waals surface area contributed by atoms with E-state index in [1.807, 2.05) is 6.92 Å². The Kier molecular flexibility index (Phi) is 5.27. The highest BCUT2D eigenvalue weighted by molar-refractivity contribution is 6.11. The second kappa shape index (κ2) is 7.67. The maximum Gasteiger partial charge on any atom is 0.311 e. The molecule has 3 saturated carbocycles. The van der Waals surface area contributed by atoms with Crippen LogP contribution in [0.25, 0.3) is 0 Å². The van der Waals surface area contributed by atoms with Gasteiger partial charge in [0.2, 0.25) is 0 Å². The van der Waals surface area contributed by atoms with E-state index in [1.165, 1.54) is 0 Å². The first-order chi connectivity index (χ1) is 16.4. The zero-order chi connectivity index (χ0) is 25.5. The van der Waals surface area contributed by atoms with Crippen LogP contribution in [0.1, 0.15) is 65.7 Å². The summed E-state index contributed by atoms with van der Waals surface area (Å²) in [5.41, 5.74) is -2.80. The third-order valence-electron chi connectivity index (χ3n) is 9.77. The monoisotopic (exact) mass is 486 g/mol. The Bertz CT molecular complexity index is 1150. The summed E-state index contributed by atoms with van der Waals surface area (Å²) < 4.78 is 10.9. The van der Waals surface area contributed by atoms with Gasteiger partial charge in [-0.2, -0.15) is 0 Å². The predicted octanol–water partition coefficient (Wildman–Crippen LogP) is 1.69. The molecule has 0 aromatic heterocycles. The minimum atomic E-state index is -1.78. The van der Waals surface area contributed by atoms with Gasteiger partial charge in [-0.25, -0.2) is 0 Å².